The molecule has 2 aromatic carbocycles. The number of hydrogen-bond acceptors (Lipinski definition) is 5. The van der Waals surface area contributed by atoms with Gasteiger partial charge in [0.25, 0.3) is 0 Å². The minimum Gasteiger partial charge on any atom is -0.444 e. The Hall–Kier alpha value is -3.18. The van der Waals surface area contributed by atoms with Gasteiger partial charge in [0.15, 0.2) is 0 Å². The van der Waals surface area contributed by atoms with Gasteiger partial charge in [0.05, 0.1) is 12.1 Å². The van der Waals surface area contributed by atoms with Crippen LogP contribution in [-0.2, 0) is 22.0 Å². The van der Waals surface area contributed by atoms with E-state index in [0.29, 0.717) is 21.7 Å². The molecule has 1 aliphatic heterocycles. The summed E-state index contributed by atoms with van der Waals surface area (Å²) in [4.78, 5) is 15.5. The number of likely N-dealkylation sites (tertiary alicyclic amines) is 1. The lowest BCUT2D eigenvalue weighted by molar-refractivity contribution is 0.0108. The quantitative estimate of drug-likeness (QED) is 0.514. The van der Waals surface area contributed by atoms with Crippen LogP contribution in [0.2, 0.25) is 0 Å². The molecule has 0 aromatic heterocycles. The normalized spacial score (nSPS) is 22.3. The van der Waals surface area contributed by atoms with Crippen molar-refractivity contribution < 1.29 is 18.1 Å². The second-order valence-electron chi connectivity index (χ2n) is 10.9. The summed E-state index contributed by atoms with van der Waals surface area (Å²) in [6, 6.07) is 13.5. The van der Waals surface area contributed by atoms with Crippen molar-refractivity contribution in [3.63, 3.8) is 0 Å². The third-order valence-corrected chi connectivity index (χ3v) is 7.99. The first kappa shape index (κ1) is 26.9. The summed E-state index contributed by atoms with van der Waals surface area (Å²) >= 11 is 0. The number of carbonyl (C=O) groups is 1. The number of hydrogen-bond donors (Lipinski definition) is 1. The number of amides is 1. The van der Waals surface area contributed by atoms with Crippen LogP contribution in [0.4, 0.5) is 9.18 Å². The number of carbonyl (C=O) groups excluding carboxylic acids is 1. The van der Waals surface area contributed by atoms with Crippen molar-refractivity contribution in [2.45, 2.75) is 75.1 Å². The zero-order valence-corrected chi connectivity index (χ0v) is 22.6. The van der Waals surface area contributed by atoms with Crippen molar-refractivity contribution in [3.05, 3.63) is 66.1 Å². The number of rotatable bonds is 7. The Balaban J connectivity index is 1.45. The fourth-order valence-corrected chi connectivity index (χ4v) is 5.92. The largest absolute Gasteiger partial charge is 0.444 e. The summed E-state index contributed by atoms with van der Waals surface area (Å²) in [5.41, 5.74) is 1.93. The predicted molar refractivity (Wildman–Crippen MR) is 143 cm³/mol. The molecule has 37 heavy (non-hydrogen) atoms. The number of benzene rings is 2. The molecule has 2 aliphatic rings. The van der Waals surface area contributed by atoms with E-state index in [1.807, 2.05) is 39.0 Å². The van der Waals surface area contributed by atoms with Crippen molar-refractivity contribution >= 4 is 16.9 Å². The van der Waals surface area contributed by atoms with Gasteiger partial charge in [-0.3, -0.25) is 9.11 Å². The van der Waals surface area contributed by atoms with Crippen LogP contribution in [0.25, 0.3) is 11.1 Å². The highest BCUT2D eigenvalue weighted by molar-refractivity contribution is 7.84. The van der Waals surface area contributed by atoms with Gasteiger partial charge in [-0.2, -0.15) is 5.26 Å². The molecule has 1 N–H and O–H groups in total. The summed E-state index contributed by atoms with van der Waals surface area (Å²) in [7, 11) is -1.07. The summed E-state index contributed by atoms with van der Waals surface area (Å²) in [5, 5.41) is 13.0. The fourth-order valence-electron chi connectivity index (χ4n) is 5.40. The monoisotopic (exact) mass is 523 g/mol. The van der Waals surface area contributed by atoms with E-state index in [-0.39, 0.29) is 30.5 Å². The molecule has 1 amide bonds. The Morgan fingerprint density at radius 3 is 2.51 bits per heavy atom. The van der Waals surface area contributed by atoms with E-state index in [2.05, 4.69) is 18.0 Å². The first-order valence-corrected chi connectivity index (χ1v) is 14.1. The van der Waals surface area contributed by atoms with Crippen LogP contribution >= 0.6 is 0 Å². The Bertz CT molecular complexity index is 1250. The Kier molecular flexibility index (Phi) is 7.75. The molecule has 1 saturated carbocycles. The third kappa shape index (κ3) is 6.04. The molecule has 1 aliphatic carbocycles. The molecule has 5 atom stereocenters. The van der Waals surface area contributed by atoms with Gasteiger partial charge in [0.2, 0.25) is 0 Å². The van der Waals surface area contributed by atoms with Gasteiger partial charge >= 0.3 is 6.09 Å². The van der Waals surface area contributed by atoms with E-state index in [1.54, 1.807) is 29.4 Å². The highest BCUT2D eigenvalue weighted by Gasteiger charge is 2.50. The lowest BCUT2D eigenvalue weighted by atomic mass is 9.95. The van der Waals surface area contributed by atoms with Crippen LogP contribution in [0, 0.1) is 23.1 Å². The Morgan fingerprint density at radius 1 is 1.24 bits per heavy atom. The van der Waals surface area contributed by atoms with Crippen LogP contribution in [0.1, 0.15) is 45.6 Å². The van der Waals surface area contributed by atoms with Crippen LogP contribution in [0.3, 0.4) is 0 Å². The van der Waals surface area contributed by atoms with E-state index in [1.165, 1.54) is 6.07 Å². The molecule has 2 bridgehead atoms. The zero-order valence-electron chi connectivity index (χ0n) is 21.8. The molecule has 2 aromatic rings. The number of fused-ring (bicyclic) bond motifs is 2. The SMILES string of the molecule is C=C(N[C@H](C#N)Cc1ccc(-c2ccc(S(C)=O)cc2)cc1F)[C@@H]1[C@H]2CC[C@H](C2)N1C(=O)OC(C)(C)C. The van der Waals surface area contributed by atoms with Gasteiger partial charge in [0, 0.05) is 40.1 Å². The molecule has 6 nitrogen and oxygen atoms in total. The molecule has 0 radical (unpaired) electrons. The van der Waals surface area contributed by atoms with E-state index >= 15 is 4.39 Å². The second kappa shape index (κ2) is 10.7. The second-order valence-corrected chi connectivity index (χ2v) is 12.3. The summed E-state index contributed by atoms with van der Waals surface area (Å²) in [6.07, 6.45) is 4.24. The first-order chi connectivity index (χ1) is 17.5. The average Bonchev–Trinajstić information content (AvgIpc) is 3.45. The third-order valence-electron chi connectivity index (χ3n) is 7.06. The Labute approximate surface area is 221 Å². The lowest BCUT2D eigenvalue weighted by Gasteiger charge is -2.38. The molecule has 4 rings (SSSR count). The highest BCUT2D eigenvalue weighted by atomic mass is 32.2. The summed E-state index contributed by atoms with van der Waals surface area (Å²) in [5.74, 6) is -0.131. The van der Waals surface area contributed by atoms with Gasteiger partial charge in [-0.05, 0) is 80.8 Å². The molecule has 2 fully saturated rings. The maximum Gasteiger partial charge on any atom is 0.411 e. The topological polar surface area (TPSA) is 82.4 Å². The fraction of sp³-hybridized carbons (Fsp3) is 0.448. The molecular formula is C29H34FN3O3S. The van der Waals surface area contributed by atoms with Crippen molar-refractivity contribution in [3.8, 4) is 17.2 Å². The molecular weight excluding hydrogens is 489 g/mol. The molecule has 1 heterocycles. The highest BCUT2D eigenvalue weighted by Crippen LogP contribution is 2.45. The van der Waals surface area contributed by atoms with E-state index in [9.17, 15) is 14.3 Å². The number of piperidine rings is 1. The number of nitriles is 1. The standard InChI is InChI=1S/C29H34FN3O3S/c1-18(27-22-8-11-24(15-22)33(27)28(34)36-29(2,3)4)32-23(17-31)14-21-7-6-20(16-26(21)30)19-9-12-25(13-10-19)37(5)35/h6-7,9-10,12-13,16,22-24,27,32H,1,8,11,14-15H2,2-5H3/t22-,23-,24+,27+,37?/m0/s1. The number of nitrogens with one attached hydrogen (secondary N) is 1. The van der Waals surface area contributed by atoms with Crippen molar-refractivity contribution in [2.24, 2.45) is 5.92 Å². The number of ether oxygens (including phenoxy) is 1. The minimum atomic E-state index is -1.07. The van der Waals surface area contributed by atoms with E-state index in [4.69, 9.17) is 4.74 Å². The average molecular weight is 524 g/mol. The van der Waals surface area contributed by atoms with Crippen LogP contribution in [0.5, 0.6) is 0 Å². The molecule has 1 saturated heterocycles. The minimum absolute atomic E-state index is 0.111. The lowest BCUT2D eigenvalue weighted by Crippen LogP contribution is -2.50. The zero-order chi connectivity index (χ0) is 26.9. The van der Waals surface area contributed by atoms with Crippen LogP contribution in [-0.4, -0.2) is 45.2 Å². The smallest absolute Gasteiger partial charge is 0.411 e. The number of halogens is 1. The van der Waals surface area contributed by atoms with E-state index < -0.39 is 28.3 Å². The van der Waals surface area contributed by atoms with Crippen LogP contribution < -0.4 is 5.32 Å². The first-order valence-electron chi connectivity index (χ1n) is 12.6. The maximum atomic E-state index is 15.0. The predicted octanol–water partition coefficient (Wildman–Crippen LogP) is 5.56. The van der Waals surface area contributed by atoms with Gasteiger partial charge in [0.1, 0.15) is 17.5 Å². The molecule has 1 unspecified atom stereocenters. The van der Waals surface area contributed by atoms with Gasteiger partial charge in [-0.1, -0.05) is 30.8 Å². The van der Waals surface area contributed by atoms with Crippen molar-refractivity contribution in [1.29, 1.82) is 5.26 Å². The van der Waals surface area contributed by atoms with Gasteiger partial charge in [-0.15, -0.1) is 0 Å². The van der Waals surface area contributed by atoms with Gasteiger partial charge in [-0.25, -0.2) is 9.18 Å². The molecule has 196 valence electrons. The summed E-state index contributed by atoms with van der Waals surface area (Å²) < 4.78 is 32.3. The van der Waals surface area contributed by atoms with Crippen LogP contribution in [0.15, 0.2) is 59.6 Å². The maximum absolute atomic E-state index is 15.0. The van der Waals surface area contributed by atoms with Crippen molar-refractivity contribution in [2.75, 3.05) is 6.26 Å². The summed E-state index contributed by atoms with van der Waals surface area (Å²) in [6.45, 7) is 9.71. The molecule has 8 heteroatoms. The molecule has 0 spiro atoms. The van der Waals surface area contributed by atoms with E-state index in [0.717, 1.165) is 24.8 Å². The number of nitrogens with zero attached hydrogens (tertiary/aromatic N) is 2. The van der Waals surface area contributed by atoms with Gasteiger partial charge < -0.3 is 10.1 Å². The van der Waals surface area contributed by atoms with Crippen molar-refractivity contribution in [1.82, 2.24) is 10.2 Å². The Morgan fingerprint density at radius 2 is 1.92 bits per heavy atom.